The molecular formula is C19H20N2O4S. The zero-order valence-corrected chi connectivity index (χ0v) is 16.1. The number of ether oxygens (including phenoxy) is 3. The number of aryl methyl sites for hydroxylation is 1. The molecule has 0 saturated carbocycles. The van der Waals surface area contributed by atoms with Crippen LogP contribution in [0.4, 0.5) is 5.00 Å². The maximum Gasteiger partial charge on any atom is 0.249 e. The third kappa shape index (κ3) is 3.98. The van der Waals surface area contributed by atoms with E-state index >= 15 is 0 Å². The predicted molar refractivity (Wildman–Crippen MR) is 102 cm³/mol. The van der Waals surface area contributed by atoms with Crippen molar-refractivity contribution in [3.8, 4) is 23.3 Å². The van der Waals surface area contributed by atoms with Gasteiger partial charge in [-0.05, 0) is 43.2 Å². The molecule has 0 aliphatic rings. The smallest absolute Gasteiger partial charge is 0.249 e. The maximum absolute atomic E-state index is 12.2. The molecule has 0 saturated heterocycles. The number of carbonyl (C=O) groups is 1. The highest BCUT2D eigenvalue weighted by Crippen LogP contribution is 2.38. The number of nitrogens with zero attached hydrogens (tertiary/aromatic N) is 1. The van der Waals surface area contributed by atoms with Gasteiger partial charge in [0.1, 0.15) is 11.1 Å². The first kappa shape index (κ1) is 19.3. The van der Waals surface area contributed by atoms with Gasteiger partial charge in [0.25, 0.3) is 0 Å². The molecule has 0 radical (unpaired) electrons. The van der Waals surface area contributed by atoms with E-state index in [9.17, 15) is 10.1 Å². The zero-order chi connectivity index (χ0) is 19.3. The van der Waals surface area contributed by atoms with Crippen molar-refractivity contribution in [1.82, 2.24) is 0 Å². The van der Waals surface area contributed by atoms with Crippen molar-refractivity contribution in [2.45, 2.75) is 13.8 Å². The molecule has 136 valence electrons. The molecule has 0 bridgehead atoms. The van der Waals surface area contributed by atoms with Crippen LogP contribution in [0.5, 0.6) is 17.2 Å². The molecule has 1 amide bonds. The first-order valence-corrected chi connectivity index (χ1v) is 8.55. The lowest BCUT2D eigenvalue weighted by molar-refractivity contribution is -0.111. The largest absolute Gasteiger partial charge is 0.493 e. The van der Waals surface area contributed by atoms with E-state index in [1.165, 1.54) is 38.7 Å². The average Bonchev–Trinajstić information content (AvgIpc) is 2.91. The Morgan fingerprint density at radius 3 is 2.27 bits per heavy atom. The Morgan fingerprint density at radius 2 is 1.77 bits per heavy atom. The predicted octanol–water partition coefficient (Wildman–Crippen LogP) is 3.91. The molecule has 0 atom stereocenters. The van der Waals surface area contributed by atoms with Crippen molar-refractivity contribution in [3.63, 3.8) is 0 Å². The van der Waals surface area contributed by atoms with Crippen molar-refractivity contribution in [2.75, 3.05) is 26.6 Å². The van der Waals surface area contributed by atoms with Crippen LogP contribution in [-0.2, 0) is 4.79 Å². The van der Waals surface area contributed by atoms with Crippen LogP contribution in [0.3, 0.4) is 0 Å². The Morgan fingerprint density at radius 1 is 1.15 bits per heavy atom. The van der Waals surface area contributed by atoms with E-state index in [1.54, 1.807) is 18.2 Å². The quantitative estimate of drug-likeness (QED) is 0.778. The summed E-state index contributed by atoms with van der Waals surface area (Å²) in [4.78, 5) is 13.2. The van der Waals surface area contributed by atoms with Gasteiger partial charge in [-0.25, -0.2) is 0 Å². The Balaban J connectivity index is 2.23. The van der Waals surface area contributed by atoms with Crippen LogP contribution >= 0.6 is 11.3 Å². The number of nitriles is 1. The summed E-state index contributed by atoms with van der Waals surface area (Å²) < 4.78 is 15.9. The summed E-state index contributed by atoms with van der Waals surface area (Å²) in [7, 11) is 4.59. The molecule has 0 fully saturated rings. The number of methoxy groups -OCH3 is 3. The van der Waals surface area contributed by atoms with Gasteiger partial charge in [0.05, 0.1) is 26.9 Å². The van der Waals surface area contributed by atoms with Crippen LogP contribution < -0.4 is 19.5 Å². The van der Waals surface area contributed by atoms with Crippen molar-refractivity contribution in [2.24, 2.45) is 0 Å². The van der Waals surface area contributed by atoms with Gasteiger partial charge in [0.2, 0.25) is 11.7 Å². The third-order valence-electron chi connectivity index (χ3n) is 3.85. The number of anilines is 1. The van der Waals surface area contributed by atoms with Gasteiger partial charge in [-0.3, -0.25) is 4.79 Å². The first-order chi connectivity index (χ1) is 12.4. The minimum Gasteiger partial charge on any atom is -0.493 e. The summed E-state index contributed by atoms with van der Waals surface area (Å²) in [5.74, 6) is 1.17. The molecule has 1 heterocycles. The summed E-state index contributed by atoms with van der Waals surface area (Å²) in [6, 6.07) is 5.61. The van der Waals surface area contributed by atoms with Gasteiger partial charge >= 0.3 is 0 Å². The van der Waals surface area contributed by atoms with Crippen LogP contribution in [0.15, 0.2) is 18.2 Å². The summed E-state index contributed by atoms with van der Waals surface area (Å²) in [5, 5.41) is 12.6. The van der Waals surface area contributed by atoms with E-state index in [4.69, 9.17) is 14.2 Å². The Hall–Kier alpha value is -2.98. The highest BCUT2D eigenvalue weighted by atomic mass is 32.1. The molecule has 6 nitrogen and oxygen atoms in total. The monoisotopic (exact) mass is 372 g/mol. The normalized spacial score (nSPS) is 10.5. The summed E-state index contributed by atoms with van der Waals surface area (Å²) in [5.41, 5.74) is 2.11. The van der Waals surface area contributed by atoms with Crippen LogP contribution in [0.2, 0.25) is 0 Å². The fraction of sp³-hybridized carbons (Fsp3) is 0.263. The van der Waals surface area contributed by atoms with Crippen LogP contribution in [0.1, 0.15) is 21.6 Å². The van der Waals surface area contributed by atoms with Crippen LogP contribution in [-0.4, -0.2) is 27.2 Å². The molecule has 0 spiro atoms. The Bertz CT molecular complexity index is 869. The molecule has 1 N–H and O–H groups in total. The molecule has 2 aromatic rings. The summed E-state index contributed by atoms with van der Waals surface area (Å²) in [6.45, 7) is 3.79. The van der Waals surface area contributed by atoms with Gasteiger partial charge < -0.3 is 19.5 Å². The van der Waals surface area contributed by atoms with Gasteiger partial charge in [0.15, 0.2) is 11.5 Å². The molecule has 0 unspecified atom stereocenters. The van der Waals surface area contributed by atoms with Crippen molar-refractivity contribution >= 4 is 28.3 Å². The second-order valence-electron chi connectivity index (χ2n) is 5.38. The number of thiophene rings is 1. The van der Waals surface area contributed by atoms with E-state index in [2.05, 4.69) is 11.4 Å². The van der Waals surface area contributed by atoms with Crippen LogP contribution in [0.25, 0.3) is 6.08 Å². The van der Waals surface area contributed by atoms with E-state index in [0.717, 1.165) is 10.4 Å². The van der Waals surface area contributed by atoms with Gasteiger partial charge in [0, 0.05) is 11.0 Å². The number of carbonyl (C=O) groups excluding carboxylic acids is 1. The maximum atomic E-state index is 12.2. The second-order valence-corrected chi connectivity index (χ2v) is 6.61. The Kier molecular flexibility index (Phi) is 6.26. The minimum absolute atomic E-state index is 0.323. The van der Waals surface area contributed by atoms with Gasteiger partial charge in [-0.15, -0.1) is 11.3 Å². The standard InChI is InChI=1S/C19H20N2O4S/c1-11-12(2)26-19(14(11)10-20)21-17(22)7-6-13-8-15(23-3)18(25-5)16(9-13)24-4/h6-9H,1-5H3,(H,21,22)/b7-6+. The molecule has 0 aliphatic carbocycles. The van der Waals surface area contributed by atoms with E-state index in [-0.39, 0.29) is 5.91 Å². The minimum atomic E-state index is -0.323. The van der Waals surface area contributed by atoms with Gasteiger partial charge in [-0.1, -0.05) is 0 Å². The van der Waals surface area contributed by atoms with E-state index in [0.29, 0.717) is 33.4 Å². The topological polar surface area (TPSA) is 80.6 Å². The number of hydrogen-bond donors (Lipinski definition) is 1. The average molecular weight is 372 g/mol. The molecular weight excluding hydrogens is 352 g/mol. The summed E-state index contributed by atoms with van der Waals surface area (Å²) >= 11 is 1.39. The number of nitrogens with one attached hydrogen (secondary N) is 1. The number of amides is 1. The van der Waals surface area contributed by atoms with Crippen molar-refractivity contribution in [3.05, 3.63) is 39.8 Å². The van der Waals surface area contributed by atoms with E-state index < -0.39 is 0 Å². The summed E-state index contributed by atoms with van der Waals surface area (Å²) in [6.07, 6.45) is 3.03. The lowest BCUT2D eigenvalue weighted by atomic mass is 10.1. The first-order valence-electron chi connectivity index (χ1n) is 7.74. The number of hydrogen-bond acceptors (Lipinski definition) is 6. The lowest BCUT2D eigenvalue weighted by Crippen LogP contribution is -2.07. The molecule has 0 aliphatic heterocycles. The van der Waals surface area contributed by atoms with Gasteiger partial charge in [-0.2, -0.15) is 5.26 Å². The fourth-order valence-electron chi connectivity index (χ4n) is 2.37. The Labute approximate surface area is 156 Å². The fourth-order valence-corrected chi connectivity index (χ4v) is 3.39. The molecule has 7 heteroatoms. The molecule has 1 aromatic heterocycles. The SMILES string of the molecule is COc1cc(/C=C/C(=O)Nc2sc(C)c(C)c2C#N)cc(OC)c1OC. The zero-order valence-electron chi connectivity index (χ0n) is 15.3. The molecule has 1 aromatic carbocycles. The highest BCUT2D eigenvalue weighted by Gasteiger charge is 2.14. The third-order valence-corrected chi connectivity index (χ3v) is 4.97. The molecule has 2 rings (SSSR count). The highest BCUT2D eigenvalue weighted by molar-refractivity contribution is 7.16. The van der Waals surface area contributed by atoms with Crippen molar-refractivity contribution in [1.29, 1.82) is 5.26 Å². The van der Waals surface area contributed by atoms with Crippen molar-refractivity contribution < 1.29 is 19.0 Å². The van der Waals surface area contributed by atoms with Crippen LogP contribution in [0, 0.1) is 25.2 Å². The second kappa shape index (κ2) is 8.41. The molecule has 26 heavy (non-hydrogen) atoms. The van der Waals surface area contributed by atoms with E-state index in [1.807, 2.05) is 13.8 Å². The number of benzene rings is 1. The number of rotatable bonds is 6. The lowest BCUT2D eigenvalue weighted by Gasteiger charge is -2.12.